The van der Waals surface area contributed by atoms with Crippen LogP contribution in [0, 0.1) is 5.92 Å². The first kappa shape index (κ1) is 15.2. The Morgan fingerprint density at radius 2 is 2.12 bits per heavy atom. The number of guanidine groups is 1. The average Bonchev–Trinajstić information content (AvgIpc) is 2.27. The molecule has 0 aromatic rings. The smallest absolute Gasteiger partial charge is 0.205 e. The average molecular weight is 230 g/mol. The van der Waals surface area contributed by atoms with Gasteiger partial charge in [-0.15, -0.1) is 0 Å². The molecule has 0 radical (unpaired) electrons. The molecule has 0 unspecified atom stereocenters. The fourth-order valence-corrected chi connectivity index (χ4v) is 1.02. The van der Waals surface area contributed by atoms with Gasteiger partial charge in [-0.25, -0.2) is 5.84 Å². The molecule has 0 aromatic carbocycles. The standard InChI is InChI=1S/C11H26N4O/c1-4-5-7-16-8-6-13-11(15-12)14-9-10(2)3/h10H,4-9,12H2,1-3H3,(H2,13,14,15). The van der Waals surface area contributed by atoms with Crippen LogP contribution in [0.3, 0.4) is 0 Å². The predicted molar refractivity (Wildman–Crippen MR) is 68.2 cm³/mol. The fourth-order valence-electron chi connectivity index (χ4n) is 1.02. The molecule has 0 saturated heterocycles. The van der Waals surface area contributed by atoms with Crippen molar-refractivity contribution < 1.29 is 4.74 Å². The van der Waals surface area contributed by atoms with E-state index in [0.717, 1.165) is 26.1 Å². The molecule has 5 heteroatoms. The van der Waals surface area contributed by atoms with Crippen LogP contribution in [-0.2, 0) is 4.74 Å². The quantitative estimate of drug-likeness (QED) is 0.190. The molecular formula is C11H26N4O. The number of nitrogens with two attached hydrogens (primary N) is 1. The second-order valence-corrected chi connectivity index (χ2v) is 4.12. The molecule has 0 atom stereocenters. The number of nitrogens with zero attached hydrogens (tertiary/aromatic N) is 1. The van der Waals surface area contributed by atoms with E-state index in [9.17, 15) is 0 Å². The second kappa shape index (κ2) is 10.7. The van der Waals surface area contributed by atoms with Crippen LogP contribution in [0.4, 0.5) is 0 Å². The minimum atomic E-state index is 0.533. The Hall–Kier alpha value is -0.810. The minimum absolute atomic E-state index is 0.533. The summed E-state index contributed by atoms with van der Waals surface area (Å²) < 4.78 is 5.41. The van der Waals surface area contributed by atoms with Gasteiger partial charge < -0.3 is 10.1 Å². The summed E-state index contributed by atoms with van der Waals surface area (Å²) in [5, 5.41) is 3.09. The summed E-state index contributed by atoms with van der Waals surface area (Å²) in [6.07, 6.45) is 2.28. The van der Waals surface area contributed by atoms with Crippen LogP contribution in [0.1, 0.15) is 33.6 Å². The number of ether oxygens (including phenoxy) is 1. The lowest BCUT2D eigenvalue weighted by Gasteiger charge is -2.10. The maximum Gasteiger partial charge on any atom is 0.205 e. The van der Waals surface area contributed by atoms with Crippen LogP contribution < -0.4 is 16.6 Å². The molecule has 0 heterocycles. The number of hydrazine groups is 1. The van der Waals surface area contributed by atoms with Crippen molar-refractivity contribution in [2.45, 2.75) is 33.6 Å². The molecule has 0 amide bonds. The molecule has 0 aliphatic heterocycles. The van der Waals surface area contributed by atoms with Crippen LogP contribution in [0.5, 0.6) is 0 Å². The summed E-state index contributed by atoms with van der Waals surface area (Å²) in [6.45, 7) is 9.39. The fraction of sp³-hybridized carbons (Fsp3) is 0.909. The van der Waals surface area contributed by atoms with E-state index in [1.54, 1.807) is 0 Å². The third kappa shape index (κ3) is 9.73. The number of aliphatic imine (C=N–C) groups is 1. The maximum atomic E-state index is 5.41. The summed E-state index contributed by atoms with van der Waals surface area (Å²) in [4.78, 5) is 4.29. The topological polar surface area (TPSA) is 71.7 Å². The summed E-state index contributed by atoms with van der Waals surface area (Å²) in [6, 6.07) is 0. The van der Waals surface area contributed by atoms with Crippen molar-refractivity contribution in [3.63, 3.8) is 0 Å². The number of unbranched alkanes of at least 4 members (excludes halogenated alkanes) is 1. The van der Waals surface area contributed by atoms with E-state index in [-0.39, 0.29) is 0 Å². The molecule has 5 nitrogen and oxygen atoms in total. The van der Waals surface area contributed by atoms with E-state index < -0.39 is 0 Å². The van der Waals surface area contributed by atoms with Gasteiger partial charge in [-0.2, -0.15) is 0 Å². The lowest BCUT2D eigenvalue weighted by molar-refractivity contribution is 0.136. The van der Waals surface area contributed by atoms with Gasteiger partial charge >= 0.3 is 0 Å². The highest BCUT2D eigenvalue weighted by Crippen LogP contribution is 1.90. The molecule has 0 spiro atoms. The van der Waals surface area contributed by atoms with E-state index in [1.807, 2.05) is 0 Å². The van der Waals surface area contributed by atoms with Crippen molar-refractivity contribution in [1.29, 1.82) is 0 Å². The molecule has 0 bridgehead atoms. The summed E-state index contributed by atoms with van der Waals surface area (Å²) in [5.41, 5.74) is 2.54. The Bertz CT molecular complexity index is 183. The van der Waals surface area contributed by atoms with E-state index in [0.29, 0.717) is 18.5 Å². The van der Waals surface area contributed by atoms with Gasteiger partial charge in [-0.3, -0.25) is 10.4 Å². The lowest BCUT2D eigenvalue weighted by atomic mass is 10.2. The van der Waals surface area contributed by atoms with Crippen LogP contribution in [0.2, 0.25) is 0 Å². The number of hydrogen-bond donors (Lipinski definition) is 3. The molecule has 0 fully saturated rings. The predicted octanol–water partition coefficient (Wildman–Crippen LogP) is 0.868. The minimum Gasteiger partial charge on any atom is -0.380 e. The zero-order valence-corrected chi connectivity index (χ0v) is 10.8. The van der Waals surface area contributed by atoms with Crippen LogP contribution in [-0.4, -0.2) is 32.3 Å². The molecule has 4 N–H and O–H groups in total. The highest BCUT2D eigenvalue weighted by atomic mass is 16.5. The molecule has 16 heavy (non-hydrogen) atoms. The first-order valence-corrected chi connectivity index (χ1v) is 6.03. The molecule has 0 aliphatic carbocycles. The Labute approximate surface area is 98.8 Å². The Morgan fingerprint density at radius 1 is 1.38 bits per heavy atom. The zero-order valence-electron chi connectivity index (χ0n) is 10.8. The van der Waals surface area contributed by atoms with Crippen LogP contribution >= 0.6 is 0 Å². The molecule has 0 rings (SSSR count). The van der Waals surface area contributed by atoms with E-state index >= 15 is 0 Å². The largest absolute Gasteiger partial charge is 0.380 e. The summed E-state index contributed by atoms with van der Waals surface area (Å²) >= 11 is 0. The summed E-state index contributed by atoms with van der Waals surface area (Å²) in [7, 11) is 0. The van der Waals surface area contributed by atoms with Gasteiger partial charge in [0.25, 0.3) is 0 Å². The number of rotatable bonds is 8. The van der Waals surface area contributed by atoms with Crippen LogP contribution in [0.15, 0.2) is 4.99 Å². The Balaban J connectivity index is 3.51. The van der Waals surface area contributed by atoms with Gasteiger partial charge in [0.05, 0.1) is 6.61 Å². The lowest BCUT2D eigenvalue weighted by Crippen LogP contribution is -2.43. The van der Waals surface area contributed by atoms with Crippen molar-refractivity contribution in [2.75, 3.05) is 26.3 Å². The van der Waals surface area contributed by atoms with E-state index in [2.05, 4.69) is 36.5 Å². The van der Waals surface area contributed by atoms with Crippen molar-refractivity contribution in [3.8, 4) is 0 Å². The van der Waals surface area contributed by atoms with Gasteiger partial charge in [-0.05, 0) is 12.3 Å². The summed E-state index contributed by atoms with van der Waals surface area (Å²) in [5.74, 6) is 6.50. The monoisotopic (exact) mass is 230 g/mol. The second-order valence-electron chi connectivity index (χ2n) is 4.12. The van der Waals surface area contributed by atoms with E-state index in [1.165, 1.54) is 6.42 Å². The highest BCUT2D eigenvalue weighted by Gasteiger charge is 1.96. The van der Waals surface area contributed by atoms with Gasteiger partial charge in [0.15, 0.2) is 0 Å². The SMILES string of the molecule is CCCCOCCNC(=NCC(C)C)NN. The third-order valence-electron chi connectivity index (χ3n) is 1.93. The Morgan fingerprint density at radius 3 is 2.69 bits per heavy atom. The third-order valence-corrected chi connectivity index (χ3v) is 1.93. The van der Waals surface area contributed by atoms with Crippen molar-refractivity contribution in [2.24, 2.45) is 16.8 Å². The molecule has 0 saturated carbocycles. The number of nitrogens with one attached hydrogen (secondary N) is 2. The molecule has 0 aromatic heterocycles. The van der Waals surface area contributed by atoms with Crippen molar-refractivity contribution >= 4 is 5.96 Å². The Kier molecular flexibility index (Phi) is 10.2. The normalized spacial score (nSPS) is 11.9. The molecule has 0 aliphatic rings. The highest BCUT2D eigenvalue weighted by molar-refractivity contribution is 5.79. The van der Waals surface area contributed by atoms with Gasteiger partial charge in [0.2, 0.25) is 5.96 Å². The molecule has 96 valence electrons. The van der Waals surface area contributed by atoms with Crippen LogP contribution in [0.25, 0.3) is 0 Å². The number of hydrogen-bond acceptors (Lipinski definition) is 3. The molecular weight excluding hydrogens is 204 g/mol. The zero-order chi connectivity index (χ0) is 12.2. The van der Waals surface area contributed by atoms with Crippen molar-refractivity contribution in [3.05, 3.63) is 0 Å². The van der Waals surface area contributed by atoms with E-state index in [4.69, 9.17) is 10.6 Å². The van der Waals surface area contributed by atoms with Gasteiger partial charge in [0, 0.05) is 19.7 Å². The first-order chi connectivity index (χ1) is 7.70. The van der Waals surface area contributed by atoms with Gasteiger partial charge in [-0.1, -0.05) is 27.2 Å². The van der Waals surface area contributed by atoms with Gasteiger partial charge in [0.1, 0.15) is 0 Å². The maximum absolute atomic E-state index is 5.41. The first-order valence-electron chi connectivity index (χ1n) is 6.03. The van der Waals surface area contributed by atoms with Crippen molar-refractivity contribution in [1.82, 2.24) is 10.7 Å².